The van der Waals surface area contributed by atoms with Crippen molar-refractivity contribution in [2.45, 2.75) is 55.3 Å². The molecule has 256 valence electrons. The van der Waals surface area contributed by atoms with Gasteiger partial charge in [0.1, 0.15) is 29.4 Å². The highest BCUT2D eigenvalue weighted by Gasteiger charge is 2.42. The molecule has 0 spiro atoms. The van der Waals surface area contributed by atoms with Gasteiger partial charge in [-0.2, -0.15) is 4.37 Å². The van der Waals surface area contributed by atoms with Crippen LogP contribution in [0.25, 0.3) is 0 Å². The number of rotatable bonds is 10. The maximum Gasteiger partial charge on any atom is 0.522 e. The first-order valence-electron chi connectivity index (χ1n) is 15.0. The molecule has 10 nitrogen and oxygen atoms in total. The molecule has 2 aliphatic heterocycles. The van der Waals surface area contributed by atoms with Gasteiger partial charge >= 0.3 is 6.36 Å². The summed E-state index contributed by atoms with van der Waals surface area (Å²) in [7, 11) is -1.22. The lowest BCUT2D eigenvalue weighted by atomic mass is 9.88. The third-order valence-electron chi connectivity index (χ3n) is 8.50. The zero-order valence-corrected chi connectivity index (χ0v) is 27.5. The van der Waals surface area contributed by atoms with Crippen molar-refractivity contribution >= 4 is 26.7 Å². The summed E-state index contributed by atoms with van der Waals surface area (Å²) in [6, 6.07) is 14.6. The minimum absolute atomic E-state index is 0.0376. The fraction of sp³-hybridized carbons (Fsp3) is 0.375. The summed E-state index contributed by atoms with van der Waals surface area (Å²) in [5.74, 6) is 0.859. The number of sulfonamides is 1. The summed E-state index contributed by atoms with van der Waals surface area (Å²) in [5.41, 5.74) is 1.92. The fourth-order valence-corrected chi connectivity index (χ4v) is 8.43. The number of aromatic nitrogens is 2. The van der Waals surface area contributed by atoms with Crippen LogP contribution in [0.4, 0.5) is 22.7 Å². The van der Waals surface area contributed by atoms with E-state index in [1.807, 2.05) is 0 Å². The van der Waals surface area contributed by atoms with Gasteiger partial charge in [0, 0.05) is 59.8 Å². The minimum Gasteiger partial charge on any atom is -0.497 e. The van der Waals surface area contributed by atoms with Crippen molar-refractivity contribution < 1.29 is 44.9 Å². The van der Waals surface area contributed by atoms with Crippen LogP contribution in [0.15, 0.2) is 71.9 Å². The maximum absolute atomic E-state index is 14.2. The Kier molecular flexibility index (Phi) is 9.79. The van der Waals surface area contributed by atoms with Crippen LogP contribution in [0.1, 0.15) is 48.0 Å². The number of hydrogen-bond donors (Lipinski definition) is 0. The molecule has 0 bridgehead atoms. The Morgan fingerprint density at radius 3 is 2.50 bits per heavy atom. The summed E-state index contributed by atoms with van der Waals surface area (Å²) >= 11 is 0.921. The number of likely N-dealkylation sites (tertiary alicyclic amines) is 1. The van der Waals surface area contributed by atoms with Crippen molar-refractivity contribution in [1.29, 1.82) is 0 Å². The molecule has 1 unspecified atom stereocenters. The average Bonchev–Trinajstić information content (AvgIpc) is 3.61. The van der Waals surface area contributed by atoms with E-state index in [1.54, 1.807) is 36.4 Å². The Morgan fingerprint density at radius 1 is 1.02 bits per heavy atom. The molecule has 0 aliphatic carbocycles. The summed E-state index contributed by atoms with van der Waals surface area (Å²) in [4.78, 5) is 6.20. The molecule has 4 aromatic rings. The van der Waals surface area contributed by atoms with E-state index in [1.165, 1.54) is 44.8 Å². The number of halogens is 4. The van der Waals surface area contributed by atoms with Crippen LogP contribution in [0.2, 0.25) is 0 Å². The number of anilines is 1. The summed E-state index contributed by atoms with van der Waals surface area (Å²) in [6.45, 7) is 0.403. The van der Waals surface area contributed by atoms with E-state index in [4.69, 9.17) is 14.2 Å². The van der Waals surface area contributed by atoms with Crippen molar-refractivity contribution in [2.24, 2.45) is 0 Å². The predicted molar refractivity (Wildman–Crippen MR) is 168 cm³/mol. The van der Waals surface area contributed by atoms with Gasteiger partial charge in [0.05, 0.1) is 38.4 Å². The fourth-order valence-electron chi connectivity index (χ4n) is 6.29. The van der Waals surface area contributed by atoms with Gasteiger partial charge in [0.2, 0.25) is 5.13 Å². The van der Waals surface area contributed by atoms with Crippen LogP contribution in [0.3, 0.4) is 0 Å². The van der Waals surface area contributed by atoms with Crippen molar-refractivity contribution in [3.8, 4) is 17.2 Å². The lowest BCUT2D eigenvalue weighted by Gasteiger charge is -2.45. The average molecular weight is 709 g/mol. The third-order valence-corrected chi connectivity index (χ3v) is 11.0. The van der Waals surface area contributed by atoms with Gasteiger partial charge in [-0.05, 0) is 48.7 Å². The topological polar surface area (TPSA) is 103 Å². The Hall–Kier alpha value is -3.99. The largest absolute Gasteiger partial charge is 0.522 e. The van der Waals surface area contributed by atoms with E-state index < -0.39 is 34.3 Å². The number of fused-ring (bicyclic) bond motifs is 1. The van der Waals surface area contributed by atoms with Gasteiger partial charge in [-0.15, -0.1) is 13.2 Å². The monoisotopic (exact) mass is 708 g/mol. The first kappa shape index (κ1) is 33.9. The zero-order valence-electron chi connectivity index (χ0n) is 25.9. The van der Waals surface area contributed by atoms with Gasteiger partial charge in [0.15, 0.2) is 0 Å². The molecule has 1 aromatic heterocycles. The van der Waals surface area contributed by atoms with Gasteiger partial charge < -0.3 is 14.2 Å². The Morgan fingerprint density at radius 2 is 1.81 bits per heavy atom. The molecule has 1 fully saturated rings. The first-order chi connectivity index (χ1) is 23.0. The molecule has 3 heterocycles. The molecule has 1 saturated heterocycles. The van der Waals surface area contributed by atoms with Crippen LogP contribution in [0, 0.1) is 5.82 Å². The van der Waals surface area contributed by atoms with E-state index in [2.05, 4.69) is 19.0 Å². The number of nitrogens with zero attached hydrogens (tertiary/aromatic N) is 4. The van der Waals surface area contributed by atoms with Crippen LogP contribution in [-0.2, 0) is 21.3 Å². The van der Waals surface area contributed by atoms with E-state index in [0.717, 1.165) is 15.8 Å². The second kappa shape index (κ2) is 13.9. The maximum atomic E-state index is 14.2. The van der Waals surface area contributed by atoms with Crippen LogP contribution in [0.5, 0.6) is 17.2 Å². The summed E-state index contributed by atoms with van der Waals surface area (Å²) in [6.07, 6.45) is -3.91. The number of benzene rings is 3. The van der Waals surface area contributed by atoms with Gasteiger partial charge in [-0.1, -0.05) is 18.2 Å². The zero-order chi connectivity index (χ0) is 34.1. The molecule has 3 atom stereocenters. The lowest BCUT2D eigenvalue weighted by Crippen LogP contribution is -2.44. The van der Waals surface area contributed by atoms with E-state index in [-0.39, 0.29) is 48.6 Å². The molecule has 6 rings (SSSR count). The van der Waals surface area contributed by atoms with Crippen LogP contribution < -0.4 is 18.5 Å². The van der Waals surface area contributed by atoms with Crippen molar-refractivity contribution in [1.82, 2.24) is 14.3 Å². The normalized spacial score (nSPS) is 20.1. The van der Waals surface area contributed by atoms with Gasteiger partial charge in [-0.3, -0.25) is 9.64 Å². The standard InChI is InChI=1S/C32H32F4N4O6S2/c1-43-23-8-5-21(29(16-23)44-2)18-40(31-37-19-38-47-31)48(41,42)25-9-10-26-27(12-14-45-30(26)17-25)39-13-11-24(46-32(34,35)36)15-28(39)20-3-6-22(33)7-4-20/h3-10,16-17,19,24,27-28H,11-15,18H2,1-2H3/t24-,27?,28+/m1/s1. The Bertz CT molecular complexity index is 1830. The van der Waals surface area contributed by atoms with E-state index >= 15 is 0 Å². The highest BCUT2D eigenvalue weighted by molar-refractivity contribution is 7.93. The highest BCUT2D eigenvalue weighted by atomic mass is 32.2. The Labute approximate surface area is 279 Å². The number of alkyl halides is 3. The SMILES string of the molecule is COc1ccc(CN(c2ncns2)S(=O)(=O)c2ccc3c(c2)OCCC3N2CC[C@@H](OC(F)(F)F)C[C@H]2c2ccc(F)cc2)c(OC)c1. The molecule has 0 radical (unpaired) electrons. The molecule has 0 amide bonds. The molecule has 0 N–H and O–H groups in total. The second-order valence-electron chi connectivity index (χ2n) is 11.3. The summed E-state index contributed by atoms with van der Waals surface area (Å²) < 4.78 is 108. The molecular weight excluding hydrogens is 676 g/mol. The molecule has 3 aromatic carbocycles. The first-order valence-corrected chi connectivity index (χ1v) is 17.2. The van der Waals surface area contributed by atoms with Crippen molar-refractivity contribution in [3.05, 3.63) is 89.5 Å². The van der Waals surface area contributed by atoms with E-state index in [9.17, 15) is 26.0 Å². The number of hydrogen-bond acceptors (Lipinski definition) is 10. The number of methoxy groups -OCH3 is 2. The van der Waals surface area contributed by atoms with Gasteiger partial charge in [-0.25, -0.2) is 22.1 Å². The molecule has 2 aliphatic rings. The van der Waals surface area contributed by atoms with E-state index in [0.29, 0.717) is 40.4 Å². The third kappa shape index (κ3) is 7.21. The molecule has 0 saturated carbocycles. The van der Waals surface area contributed by atoms with Gasteiger partial charge in [0.25, 0.3) is 10.0 Å². The summed E-state index contributed by atoms with van der Waals surface area (Å²) in [5, 5.41) is 0.149. The molecule has 16 heteroatoms. The number of ether oxygens (including phenoxy) is 4. The quantitative estimate of drug-likeness (QED) is 0.168. The van der Waals surface area contributed by atoms with Crippen molar-refractivity contribution in [2.75, 3.05) is 31.7 Å². The lowest BCUT2D eigenvalue weighted by molar-refractivity contribution is -0.347. The minimum atomic E-state index is -4.78. The molecule has 48 heavy (non-hydrogen) atoms. The number of piperidine rings is 1. The predicted octanol–water partition coefficient (Wildman–Crippen LogP) is 6.66. The van der Waals surface area contributed by atoms with Crippen LogP contribution in [-0.4, -0.2) is 62.5 Å². The van der Waals surface area contributed by atoms with Crippen LogP contribution >= 0.6 is 11.5 Å². The highest BCUT2D eigenvalue weighted by Crippen LogP contribution is 2.45. The molecular formula is C32H32F4N4O6S2. The Balaban J connectivity index is 1.32. The van der Waals surface area contributed by atoms with Crippen molar-refractivity contribution in [3.63, 3.8) is 0 Å². The second-order valence-corrected chi connectivity index (χ2v) is 13.9. The smallest absolute Gasteiger partial charge is 0.497 e.